The van der Waals surface area contributed by atoms with Crippen molar-refractivity contribution in [3.8, 4) is 0 Å². The standard InChI is InChI=1S/C21H28N6O2/c1-4-5-17-18-19(26(3)24-17)20(28)23-21(22-18)25(2)14-15-6-8-16(9-7-15)27-10-12-29-13-11-27/h6-9H,4-5,10-14H2,1-3H3,(H,22,23,28). The molecule has 0 saturated carbocycles. The lowest BCUT2D eigenvalue weighted by Gasteiger charge is -2.29. The molecule has 4 rings (SSSR count). The number of fused-ring (bicyclic) bond motifs is 1. The highest BCUT2D eigenvalue weighted by Crippen LogP contribution is 2.20. The van der Waals surface area contributed by atoms with Crippen LogP contribution >= 0.6 is 0 Å². The molecule has 8 heteroatoms. The third-order valence-corrected chi connectivity index (χ3v) is 5.33. The predicted molar refractivity (Wildman–Crippen MR) is 115 cm³/mol. The summed E-state index contributed by atoms with van der Waals surface area (Å²) in [6, 6.07) is 8.55. The van der Waals surface area contributed by atoms with Gasteiger partial charge in [-0.15, -0.1) is 0 Å². The summed E-state index contributed by atoms with van der Waals surface area (Å²) >= 11 is 0. The molecule has 2 aromatic heterocycles. The van der Waals surface area contributed by atoms with Crippen LogP contribution in [0.2, 0.25) is 0 Å². The largest absolute Gasteiger partial charge is 0.378 e. The SMILES string of the molecule is CCCc1nn(C)c2c(=O)[nH]c(N(C)Cc3ccc(N4CCOCC4)cc3)nc12. The second-order valence-electron chi connectivity index (χ2n) is 7.53. The molecule has 29 heavy (non-hydrogen) atoms. The van der Waals surface area contributed by atoms with E-state index in [2.05, 4.69) is 46.2 Å². The highest BCUT2D eigenvalue weighted by atomic mass is 16.5. The van der Waals surface area contributed by atoms with E-state index >= 15 is 0 Å². The minimum absolute atomic E-state index is 0.156. The van der Waals surface area contributed by atoms with E-state index < -0.39 is 0 Å². The topological polar surface area (TPSA) is 79.3 Å². The molecule has 1 fully saturated rings. The van der Waals surface area contributed by atoms with Crippen LogP contribution in [0.5, 0.6) is 0 Å². The van der Waals surface area contributed by atoms with E-state index in [-0.39, 0.29) is 5.56 Å². The summed E-state index contributed by atoms with van der Waals surface area (Å²) in [6.45, 7) is 6.16. The summed E-state index contributed by atoms with van der Waals surface area (Å²) in [5, 5.41) is 4.48. The van der Waals surface area contributed by atoms with Crippen molar-refractivity contribution in [2.45, 2.75) is 26.3 Å². The Kier molecular flexibility index (Phi) is 5.53. The maximum atomic E-state index is 12.6. The lowest BCUT2D eigenvalue weighted by atomic mass is 10.2. The highest BCUT2D eigenvalue weighted by Gasteiger charge is 2.16. The zero-order valence-corrected chi connectivity index (χ0v) is 17.3. The Bertz CT molecular complexity index is 1030. The molecule has 1 aromatic carbocycles. The van der Waals surface area contributed by atoms with E-state index in [9.17, 15) is 4.79 Å². The van der Waals surface area contributed by atoms with Gasteiger partial charge >= 0.3 is 0 Å². The summed E-state index contributed by atoms with van der Waals surface area (Å²) in [5.74, 6) is 0.560. The number of morpholine rings is 1. The first-order chi connectivity index (χ1) is 14.1. The summed E-state index contributed by atoms with van der Waals surface area (Å²) < 4.78 is 7.05. The molecule has 0 unspecified atom stereocenters. The molecule has 0 spiro atoms. The second-order valence-corrected chi connectivity index (χ2v) is 7.53. The molecular formula is C21H28N6O2. The molecule has 0 radical (unpaired) electrons. The number of hydrogen-bond donors (Lipinski definition) is 1. The smallest absolute Gasteiger partial charge is 0.278 e. The molecule has 8 nitrogen and oxygen atoms in total. The van der Waals surface area contributed by atoms with Gasteiger partial charge in [0.25, 0.3) is 5.56 Å². The van der Waals surface area contributed by atoms with Crippen LogP contribution in [0.15, 0.2) is 29.1 Å². The van der Waals surface area contributed by atoms with Gasteiger partial charge in [0, 0.05) is 39.4 Å². The Morgan fingerprint density at radius 3 is 2.62 bits per heavy atom. The normalized spacial score (nSPS) is 14.5. The van der Waals surface area contributed by atoms with Gasteiger partial charge in [0.1, 0.15) is 5.52 Å². The van der Waals surface area contributed by atoms with Crippen LogP contribution in [0.1, 0.15) is 24.6 Å². The van der Waals surface area contributed by atoms with Crippen molar-refractivity contribution in [2.24, 2.45) is 7.05 Å². The predicted octanol–water partition coefficient (Wildman–Crippen LogP) is 2.08. The summed E-state index contributed by atoms with van der Waals surface area (Å²) in [6.07, 6.45) is 1.77. The zero-order chi connectivity index (χ0) is 20.4. The number of benzene rings is 1. The maximum Gasteiger partial charge on any atom is 0.278 e. The molecule has 3 aromatic rings. The Morgan fingerprint density at radius 2 is 1.93 bits per heavy atom. The minimum Gasteiger partial charge on any atom is -0.378 e. The number of aromatic nitrogens is 4. The maximum absolute atomic E-state index is 12.6. The lowest BCUT2D eigenvalue weighted by molar-refractivity contribution is 0.122. The first-order valence-corrected chi connectivity index (χ1v) is 10.2. The van der Waals surface area contributed by atoms with Crippen LogP contribution in [-0.2, 0) is 24.8 Å². The molecule has 1 aliphatic rings. The molecule has 1 aliphatic heterocycles. The average molecular weight is 396 g/mol. The number of aryl methyl sites for hydroxylation is 2. The summed E-state index contributed by atoms with van der Waals surface area (Å²) in [7, 11) is 3.73. The number of anilines is 2. The van der Waals surface area contributed by atoms with Gasteiger partial charge in [-0.3, -0.25) is 14.5 Å². The fourth-order valence-corrected chi connectivity index (χ4v) is 3.80. The van der Waals surface area contributed by atoms with Gasteiger partial charge in [-0.25, -0.2) is 4.98 Å². The van der Waals surface area contributed by atoms with Crippen molar-refractivity contribution >= 4 is 22.7 Å². The van der Waals surface area contributed by atoms with Crippen LogP contribution in [0.3, 0.4) is 0 Å². The molecule has 0 amide bonds. The third kappa shape index (κ3) is 3.98. The second kappa shape index (κ2) is 8.24. The fourth-order valence-electron chi connectivity index (χ4n) is 3.80. The van der Waals surface area contributed by atoms with Crippen molar-refractivity contribution in [3.05, 3.63) is 45.9 Å². The lowest BCUT2D eigenvalue weighted by Crippen LogP contribution is -2.36. The van der Waals surface area contributed by atoms with Gasteiger partial charge in [-0.05, 0) is 24.1 Å². The van der Waals surface area contributed by atoms with Gasteiger partial charge in [0.2, 0.25) is 5.95 Å². The summed E-state index contributed by atoms with van der Waals surface area (Å²) in [5.41, 5.74) is 4.32. The number of aromatic amines is 1. The Hall–Kier alpha value is -2.87. The number of ether oxygens (including phenoxy) is 1. The van der Waals surface area contributed by atoms with Gasteiger partial charge in [-0.1, -0.05) is 25.5 Å². The van der Waals surface area contributed by atoms with Crippen molar-refractivity contribution in [3.63, 3.8) is 0 Å². The van der Waals surface area contributed by atoms with Gasteiger partial charge in [0.15, 0.2) is 5.52 Å². The molecule has 1 N–H and O–H groups in total. The molecule has 0 atom stereocenters. The number of rotatable bonds is 6. The number of hydrogen-bond acceptors (Lipinski definition) is 6. The van der Waals surface area contributed by atoms with E-state index in [0.29, 0.717) is 23.5 Å². The monoisotopic (exact) mass is 396 g/mol. The van der Waals surface area contributed by atoms with E-state index in [1.165, 1.54) is 5.69 Å². The van der Waals surface area contributed by atoms with E-state index in [1.54, 1.807) is 11.7 Å². The van der Waals surface area contributed by atoms with Gasteiger partial charge < -0.3 is 14.5 Å². The summed E-state index contributed by atoms with van der Waals surface area (Å²) in [4.78, 5) is 24.5. The quantitative estimate of drug-likeness (QED) is 0.687. The van der Waals surface area contributed by atoms with E-state index in [4.69, 9.17) is 9.72 Å². The number of nitrogens with one attached hydrogen (secondary N) is 1. The van der Waals surface area contributed by atoms with Gasteiger partial charge in [0.05, 0.1) is 18.9 Å². The average Bonchev–Trinajstić information content (AvgIpc) is 3.05. The van der Waals surface area contributed by atoms with Crippen LogP contribution in [0.4, 0.5) is 11.6 Å². The van der Waals surface area contributed by atoms with Crippen LogP contribution in [-0.4, -0.2) is 53.1 Å². The van der Waals surface area contributed by atoms with Crippen LogP contribution in [0.25, 0.3) is 11.0 Å². The fraction of sp³-hybridized carbons (Fsp3) is 0.476. The van der Waals surface area contributed by atoms with Crippen LogP contribution < -0.4 is 15.4 Å². The Balaban J connectivity index is 1.55. The highest BCUT2D eigenvalue weighted by molar-refractivity contribution is 5.77. The Morgan fingerprint density at radius 1 is 1.21 bits per heavy atom. The molecule has 154 valence electrons. The molecule has 1 saturated heterocycles. The third-order valence-electron chi connectivity index (χ3n) is 5.33. The van der Waals surface area contributed by atoms with Crippen molar-refractivity contribution in [1.29, 1.82) is 0 Å². The molecular weight excluding hydrogens is 368 g/mol. The van der Waals surface area contributed by atoms with Gasteiger partial charge in [-0.2, -0.15) is 5.10 Å². The van der Waals surface area contributed by atoms with E-state index in [1.807, 2.05) is 11.9 Å². The first-order valence-electron chi connectivity index (χ1n) is 10.2. The zero-order valence-electron chi connectivity index (χ0n) is 17.3. The van der Waals surface area contributed by atoms with Crippen molar-refractivity contribution in [2.75, 3.05) is 43.2 Å². The van der Waals surface area contributed by atoms with Crippen molar-refractivity contribution in [1.82, 2.24) is 19.7 Å². The molecule has 0 bridgehead atoms. The number of nitrogens with zero attached hydrogens (tertiary/aromatic N) is 5. The van der Waals surface area contributed by atoms with E-state index in [0.717, 1.165) is 50.4 Å². The minimum atomic E-state index is -0.156. The molecule has 3 heterocycles. The molecule has 0 aliphatic carbocycles. The Labute approximate surface area is 170 Å². The number of H-pyrrole nitrogens is 1. The van der Waals surface area contributed by atoms with Crippen LogP contribution in [0, 0.1) is 0 Å². The first kappa shape index (κ1) is 19.4. The van der Waals surface area contributed by atoms with Crippen molar-refractivity contribution < 1.29 is 4.74 Å².